The molecule has 1 saturated heterocycles. The van der Waals surface area contributed by atoms with Crippen molar-refractivity contribution in [1.29, 1.82) is 0 Å². The Bertz CT molecular complexity index is 464. The molecule has 0 saturated carbocycles. The van der Waals surface area contributed by atoms with Crippen molar-refractivity contribution in [2.24, 2.45) is 5.73 Å². The molecule has 1 fully saturated rings. The van der Waals surface area contributed by atoms with Gasteiger partial charge in [-0.1, -0.05) is 13.8 Å². The molecule has 0 spiro atoms. The Hall–Kier alpha value is -1.10. The van der Waals surface area contributed by atoms with Gasteiger partial charge in [0.1, 0.15) is 30.6 Å². The topological polar surface area (TPSA) is 151 Å². The minimum atomic E-state index is -1.45. The zero-order valence-electron chi connectivity index (χ0n) is 15.6. The normalized spacial score (nSPS) is 32.5. The van der Waals surface area contributed by atoms with Crippen molar-refractivity contribution >= 4 is 12.2 Å². The highest BCUT2D eigenvalue weighted by molar-refractivity contribution is 5.76. The first-order valence-corrected chi connectivity index (χ1v) is 9.03. The molecule has 152 valence electrons. The summed E-state index contributed by atoms with van der Waals surface area (Å²) >= 11 is 0. The summed E-state index contributed by atoms with van der Waals surface area (Å²) in [6.45, 7) is 4.79. The number of aldehydes is 1. The van der Waals surface area contributed by atoms with Crippen LogP contribution in [0.4, 0.5) is 0 Å². The van der Waals surface area contributed by atoms with Crippen molar-refractivity contribution < 1.29 is 34.4 Å². The minimum absolute atomic E-state index is 0.201. The van der Waals surface area contributed by atoms with E-state index in [0.717, 1.165) is 0 Å². The van der Waals surface area contributed by atoms with Crippen molar-refractivity contribution in [2.75, 3.05) is 6.61 Å². The van der Waals surface area contributed by atoms with E-state index in [4.69, 9.17) is 15.2 Å². The molecular formula is C17H32N2O7. The third kappa shape index (κ3) is 5.97. The monoisotopic (exact) mass is 376 g/mol. The van der Waals surface area contributed by atoms with Crippen LogP contribution in [0.3, 0.4) is 0 Å². The largest absolute Gasteiger partial charge is 0.394 e. The SMILES string of the molecule is CCCC(=O)N[C@@H]1[C@@H](OC(C)CC(N)(C=O)CC)[C@H](O)[C@@H](CO)O[C@@H]1O. The maximum atomic E-state index is 11.9. The molecule has 0 aromatic heterocycles. The number of carbonyl (C=O) groups excluding carboxylic acids is 2. The Morgan fingerprint density at radius 3 is 2.58 bits per heavy atom. The van der Waals surface area contributed by atoms with Crippen molar-refractivity contribution in [1.82, 2.24) is 5.32 Å². The first kappa shape index (κ1) is 22.9. The highest BCUT2D eigenvalue weighted by Crippen LogP contribution is 2.25. The van der Waals surface area contributed by atoms with Crippen LogP contribution in [0.15, 0.2) is 0 Å². The number of aliphatic hydroxyl groups excluding tert-OH is 3. The average molecular weight is 376 g/mol. The van der Waals surface area contributed by atoms with Gasteiger partial charge in [-0.2, -0.15) is 0 Å². The molecule has 0 aliphatic carbocycles. The van der Waals surface area contributed by atoms with Gasteiger partial charge in [0.25, 0.3) is 0 Å². The van der Waals surface area contributed by atoms with Crippen LogP contribution in [-0.2, 0) is 19.1 Å². The van der Waals surface area contributed by atoms with Gasteiger partial charge in [0.05, 0.1) is 18.2 Å². The van der Waals surface area contributed by atoms with Gasteiger partial charge in [0.15, 0.2) is 6.29 Å². The molecular weight excluding hydrogens is 344 g/mol. The second-order valence-corrected chi connectivity index (χ2v) is 6.90. The van der Waals surface area contributed by atoms with Gasteiger partial charge in [-0.15, -0.1) is 0 Å². The Balaban J connectivity index is 2.92. The zero-order chi connectivity index (χ0) is 19.9. The van der Waals surface area contributed by atoms with Gasteiger partial charge in [0.2, 0.25) is 5.91 Å². The summed E-state index contributed by atoms with van der Waals surface area (Å²) in [5.41, 5.74) is 4.91. The second kappa shape index (κ2) is 10.3. The molecule has 0 radical (unpaired) electrons. The fourth-order valence-electron chi connectivity index (χ4n) is 3.01. The van der Waals surface area contributed by atoms with Crippen molar-refractivity contribution in [2.45, 2.75) is 88.7 Å². The highest BCUT2D eigenvalue weighted by atomic mass is 16.6. The van der Waals surface area contributed by atoms with Crippen molar-refractivity contribution in [3.63, 3.8) is 0 Å². The van der Waals surface area contributed by atoms with Gasteiger partial charge in [-0.3, -0.25) is 4.79 Å². The molecule has 0 aromatic carbocycles. The number of ether oxygens (including phenoxy) is 2. The lowest BCUT2D eigenvalue weighted by Gasteiger charge is -2.44. The first-order valence-electron chi connectivity index (χ1n) is 9.03. The molecule has 1 aliphatic heterocycles. The summed E-state index contributed by atoms with van der Waals surface area (Å²) in [6, 6.07) is -1.01. The van der Waals surface area contributed by atoms with E-state index in [1.165, 1.54) is 0 Å². The summed E-state index contributed by atoms with van der Waals surface area (Å²) < 4.78 is 11.0. The number of rotatable bonds is 10. The third-order valence-corrected chi connectivity index (χ3v) is 4.63. The summed E-state index contributed by atoms with van der Waals surface area (Å²) in [7, 11) is 0. The van der Waals surface area contributed by atoms with E-state index in [9.17, 15) is 24.9 Å². The van der Waals surface area contributed by atoms with Gasteiger partial charge in [0, 0.05) is 6.42 Å². The van der Waals surface area contributed by atoms with Crippen molar-refractivity contribution in [3.8, 4) is 0 Å². The van der Waals surface area contributed by atoms with E-state index in [1.807, 2.05) is 6.92 Å². The van der Waals surface area contributed by atoms with E-state index in [0.29, 0.717) is 19.1 Å². The summed E-state index contributed by atoms with van der Waals surface area (Å²) in [6.07, 6.45) is -3.20. The molecule has 7 atom stereocenters. The van der Waals surface area contributed by atoms with E-state index < -0.39 is 48.9 Å². The molecule has 1 rings (SSSR count). The lowest BCUT2D eigenvalue weighted by atomic mass is 9.91. The number of aliphatic hydroxyl groups is 3. The summed E-state index contributed by atoms with van der Waals surface area (Å²) in [5.74, 6) is -0.314. The molecule has 26 heavy (non-hydrogen) atoms. The van der Waals surface area contributed by atoms with Crippen LogP contribution < -0.4 is 11.1 Å². The number of carbonyl (C=O) groups is 2. The minimum Gasteiger partial charge on any atom is -0.394 e. The van der Waals surface area contributed by atoms with Crippen molar-refractivity contribution in [3.05, 3.63) is 0 Å². The smallest absolute Gasteiger partial charge is 0.220 e. The predicted molar refractivity (Wildman–Crippen MR) is 93.0 cm³/mol. The maximum Gasteiger partial charge on any atom is 0.220 e. The highest BCUT2D eigenvalue weighted by Gasteiger charge is 2.46. The molecule has 0 bridgehead atoms. The molecule has 0 aromatic rings. The van der Waals surface area contributed by atoms with Crippen LogP contribution in [-0.4, -0.2) is 76.4 Å². The molecule has 6 N–H and O–H groups in total. The van der Waals surface area contributed by atoms with Crippen LogP contribution in [0.25, 0.3) is 0 Å². The summed E-state index contributed by atoms with van der Waals surface area (Å²) in [4.78, 5) is 23.1. The van der Waals surface area contributed by atoms with Gasteiger partial charge >= 0.3 is 0 Å². The number of hydrogen-bond donors (Lipinski definition) is 5. The zero-order valence-corrected chi connectivity index (χ0v) is 15.6. The Labute approximate surface area is 153 Å². The summed E-state index contributed by atoms with van der Waals surface area (Å²) in [5, 5.41) is 32.6. The standard InChI is InChI=1S/C17H32N2O7/c1-4-6-12(22)19-13-15(14(23)11(8-20)26-16(13)24)25-10(3)7-17(18,5-2)9-21/h9-11,13-16,20,23-24H,4-8,18H2,1-3H3,(H,19,22)/t10?,11-,13-,14-,15-,16+,17?/m1/s1. The molecule has 2 unspecified atom stereocenters. The maximum absolute atomic E-state index is 11.9. The predicted octanol–water partition coefficient (Wildman–Crippen LogP) is -1.19. The van der Waals surface area contributed by atoms with Gasteiger partial charge in [-0.25, -0.2) is 0 Å². The molecule has 1 heterocycles. The Kier molecular flexibility index (Phi) is 9.08. The Morgan fingerprint density at radius 1 is 1.42 bits per heavy atom. The number of nitrogens with two attached hydrogens (primary N) is 1. The van der Waals surface area contributed by atoms with E-state index in [2.05, 4.69) is 5.32 Å². The molecule has 9 heteroatoms. The van der Waals surface area contributed by atoms with Crippen LogP contribution in [0.5, 0.6) is 0 Å². The lowest BCUT2D eigenvalue weighted by Crippen LogP contribution is -2.65. The van der Waals surface area contributed by atoms with E-state index in [-0.39, 0.29) is 18.7 Å². The van der Waals surface area contributed by atoms with Crippen LogP contribution in [0.2, 0.25) is 0 Å². The van der Waals surface area contributed by atoms with Gasteiger partial charge in [-0.05, 0) is 26.2 Å². The fourth-order valence-corrected chi connectivity index (χ4v) is 3.01. The molecule has 1 amide bonds. The van der Waals surface area contributed by atoms with Crippen LogP contribution in [0.1, 0.15) is 46.5 Å². The van der Waals surface area contributed by atoms with Crippen LogP contribution in [0, 0.1) is 0 Å². The lowest BCUT2D eigenvalue weighted by molar-refractivity contribution is -0.268. The number of nitrogens with one attached hydrogen (secondary N) is 1. The second-order valence-electron chi connectivity index (χ2n) is 6.90. The number of hydrogen-bond acceptors (Lipinski definition) is 8. The third-order valence-electron chi connectivity index (χ3n) is 4.63. The van der Waals surface area contributed by atoms with E-state index in [1.54, 1.807) is 13.8 Å². The number of amides is 1. The quantitative estimate of drug-likeness (QED) is 0.299. The Morgan fingerprint density at radius 2 is 2.08 bits per heavy atom. The first-order chi connectivity index (χ1) is 12.2. The molecule has 9 nitrogen and oxygen atoms in total. The van der Waals surface area contributed by atoms with Crippen LogP contribution >= 0.6 is 0 Å². The van der Waals surface area contributed by atoms with Gasteiger partial charge < -0.3 is 40.6 Å². The average Bonchev–Trinajstić information content (AvgIpc) is 2.60. The van der Waals surface area contributed by atoms with E-state index >= 15 is 0 Å². The fraction of sp³-hybridized carbons (Fsp3) is 0.882. The molecule has 1 aliphatic rings.